The molecular weight excluding hydrogens is 492 g/mol. The number of anilines is 2. The number of methoxy groups -OCH3 is 1. The molecule has 3 aromatic heterocycles. The highest BCUT2D eigenvalue weighted by Gasteiger charge is 2.23. The summed E-state index contributed by atoms with van der Waals surface area (Å²) in [5, 5.41) is 3.50. The lowest BCUT2D eigenvalue weighted by atomic mass is 9.98. The number of benzene rings is 2. The maximum Gasteiger partial charge on any atom is 0.247 e. The minimum Gasteiger partial charge on any atom is -0.493 e. The number of carbonyl (C=O) groups excluding carboxylic acids is 1. The van der Waals surface area contributed by atoms with Gasteiger partial charge < -0.3 is 25.1 Å². The molecule has 5 rings (SSSR count). The summed E-state index contributed by atoms with van der Waals surface area (Å²) in [5.41, 5.74) is 13.2. The number of carbonyl (C=O) groups is 1. The van der Waals surface area contributed by atoms with Crippen molar-refractivity contribution in [2.45, 2.75) is 13.8 Å². The molecule has 2 aromatic carbocycles. The number of nitrogens with two attached hydrogens (primary N) is 1. The average molecular weight is 521 g/mol. The smallest absolute Gasteiger partial charge is 0.247 e. The zero-order valence-corrected chi connectivity index (χ0v) is 22.1. The van der Waals surface area contributed by atoms with E-state index in [-0.39, 0.29) is 5.91 Å². The number of fused-ring (bicyclic) bond motifs is 1. The molecule has 0 aliphatic carbocycles. The Hall–Kier alpha value is -5.18. The molecule has 3 heterocycles. The number of pyridine rings is 1. The third kappa shape index (κ3) is 4.77. The molecule has 9 heteroatoms. The van der Waals surface area contributed by atoms with Gasteiger partial charge in [-0.1, -0.05) is 30.8 Å². The predicted octanol–water partition coefficient (Wildman–Crippen LogP) is 5.82. The van der Waals surface area contributed by atoms with E-state index in [1.165, 1.54) is 12.4 Å². The van der Waals surface area contributed by atoms with Gasteiger partial charge in [-0.2, -0.15) is 0 Å². The molecule has 3 N–H and O–H groups in total. The van der Waals surface area contributed by atoms with E-state index < -0.39 is 0 Å². The largest absolute Gasteiger partial charge is 0.493 e. The van der Waals surface area contributed by atoms with Crippen molar-refractivity contribution < 1.29 is 14.3 Å². The molecule has 5 aromatic rings. The van der Waals surface area contributed by atoms with Crippen molar-refractivity contribution >= 4 is 28.4 Å². The Kier molecular flexibility index (Phi) is 6.72. The fourth-order valence-electron chi connectivity index (χ4n) is 4.48. The summed E-state index contributed by atoms with van der Waals surface area (Å²) in [6, 6.07) is 17.0. The lowest BCUT2D eigenvalue weighted by Crippen LogP contribution is -2.06. The van der Waals surface area contributed by atoms with Gasteiger partial charge >= 0.3 is 0 Å². The quantitative estimate of drug-likeness (QED) is 0.260. The highest BCUT2D eigenvalue weighted by molar-refractivity contribution is 6.08. The summed E-state index contributed by atoms with van der Waals surface area (Å²) in [6.07, 6.45) is 2.68. The number of amides is 1. The third-order valence-electron chi connectivity index (χ3n) is 6.60. The van der Waals surface area contributed by atoms with Gasteiger partial charge in [0.15, 0.2) is 11.5 Å². The molecule has 0 saturated carbocycles. The summed E-state index contributed by atoms with van der Waals surface area (Å²) in [4.78, 5) is 25.0. The van der Waals surface area contributed by atoms with E-state index in [9.17, 15) is 4.79 Å². The number of hydrogen-bond acceptors (Lipinski definition) is 7. The summed E-state index contributed by atoms with van der Waals surface area (Å²) < 4.78 is 13.8. The van der Waals surface area contributed by atoms with Gasteiger partial charge in [0.1, 0.15) is 17.8 Å². The van der Waals surface area contributed by atoms with E-state index in [1.807, 2.05) is 80.1 Å². The van der Waals surface area contributed by atoms with Crippen LogP contribution in [0.25, 0.3) is 33.4 Å². The van der Waals surface area contributed by atoms with Gasteiger partial charge in [0.25, 0.3) is 0 Å². The lowest BCUT2D eigenvalue weighted by Gasteiger charge is -2.14. The second kappa shape index (κ2) is 10.3. The Balaban J connectivity index is 1.64. The van der Waals surface area contributed by atoms with Crippen molar-refractivity contribution in [3.05, 3.63) is 84.8 Å². The Bertz CT molecular complexity index is 1720. The van der Waals surface area contributed by atoms with E-state index >= 15 is 0 Å². The second-order valence-corrected chi connectivity index (χ2v) is 9.03. The minimum atomic E-state index is -0.276. The Labute approximate surface area is 226 Å². The van der Waals surface area contributed by atoms with Crippen molar-refractivity contribution in [3.63, 3.8) is 0 Å². The molecule has 1 amide bonds. The van der Waals surface area contributed by atoms with Crippen LogP contribution in [0.15, 0.2) is 73.6 Å². The summed E-state index contributed by atoms with van der Waals surface area (Å²) in [5.74, 6) is 1.64. The number of ether oxygens (including phenoxy) is 2. The normalized spacial score (nSPS) is 10.9. The standard InChI is InChI=1S/C30H28N6O3/c1-6-24(37)35-21-11-8-19(9-12-21)28-26(27-29(31)32-16-33-30(27)36(28)4)20-10-13-22(23(15-20)38-5)39-25-14-7-17(2)18(3)34-25/h6-16H,1H2,2-5H3,(H,35,37)(H2,31,32,33). The predicted molar refractivity (Wildman–Crippen MR) is 153 cm³/mol. The monoisotopic (exact) mass is 520 g/mol. The molecule has 0 fully saturated rings. The van der Waals surface area contributed by atoms with Crippen molar-refractivity contribution in [1.82, 2.24) is 19.5 Å². The highest BCUT2D eigenvalue weighted by atomic mass is 16.5. The van der Waals surface area contributed by atoms with E-state index in [0.717, 1.165) is 39.0 Å². The number of nitrogen functional groups attached to an aromatic ring is 1. The second-order valence-electron chi connectivity index (χ2n) is 9.03. The molecule has 0 aliphatic heterocycles. The van der Waals surface area contributed by atoms with Crippen LogP contribution in [0.1, 0.15) is 11.3 Å². The number of nitrogens with zero attached hydrogens (tertiary/aromatic N) is 4. The molecule has 0 bridgehead atoms. The molecule has 196 valence electrons. The SMILES string of the molecule is C=CC(=O)Nc1ccc(-c2c(-c3ccc(Oc4ccc(C)c(C)n4)c(OC)c3)c3c(N)ncnc3n2C)cc1. The number of nitrogens with one attached hydrogen (secondary N) is 1. The van der Waals surface area contributed by atoms with Crippen LogP contribution >= 0.6 is 0 Å². The highest BCUT2D eigenvalue weighted by Crippen LogP contribution is 2.44. The van der Waals surface area contributed by atoms with E-state index in [4.69, 9.17) is 15.2 Å². The van der Waals surface area contributed by atoms with Crippen molar-refractivity contribution in [1.29, 1.82) is 0 Å². The number of aryl methyl sites for hydroxylation is 3. The molecule has 39 heavy (non-hydrogen) atoms. The summed E-state index contributed by atoms with van der Waals surface area (Å²) in [7, 11) is 3.53. The van der Waals surface area contributed by atoms with Gasteiger partial charge in [0.05, 0.1) is 18.2 Å². The van der Waals surface area contributed by atoms with Crippen molar-refractivity contribution in [3.8, 4) is 39.8 Å². The van der Waals surface area contributed by atoms with Crippen LogP contribution in [0.4, 0.5) is 11.5 Å². The first kappa shape index (κ1) is 25.5. The summed E-state index contributed by atoms with van der Waals surface area (Å²) in [6.45, 7) is 7.44. The maximum atomic E-state index is 11.7. The van der Waals surface area contributed by atoms with E-state index in [1.54, 1.807) is 7.11 Å². The van der Waals surface area contributed by atoms with E-state index in [2.05, 4.69) is 26.8 Å². The Morgan fingerprint density at radius 3 is 2.46 bits per heavy atom. The lowest BCUT2D eigenvalue weighted by molar-refractivity contribution is -0.111. The molecule has 0 atom stereocenters. The average Bonchev–Trinajstić information content (AvgIpc) is 3.24. The fraction of sp³-hybridized carbons (Fsp3) is 0.133. The Morgan fingerprint density at radius 1 is 1.03 bits per heavy atom. The minimum absolute atomic E-state index is 0.276. The van der Waals surface area contributed by atoms with Gasteiger partial charge in [0, 0.05) is 30.1 Å². The van der Waals surface area contributed by atoms with Crippen LogP contribution in [0, 0.1) is 13.8 Å². The third-order valence-corrected chi connectivity index (χ3v) is 6.60. The van der Waals surface area contributed by atoms with Gasteiger partial charge in [-0.3, -0.25) is 4.79 Å². The van der Waals surface area contributed by atoms with Gasteiger partial charge in [-0.25, -0.2) is 15.0 Å². The molecular formula is C30H28N6O3. The first-order chi connectivity index (χ1) is 18.8. The molecule has 0 spiro atoms. The van der Waals surface area contributed by atoms with Crippen LogP contribution < -0.4 is 20.5 Å². The maximum absolute atomic E-state index is 11.7. The molecule has 0 saturated heterocycles. The van der Waals surface area contributed by atoms with Gasteiger partial charge in [-0.05, 0) is 60.9 Å². The first-order valence-electron chi connectivity index (χ1n) is 12.2. The van der Waals surface area contributed by atoms with Crippen LogP contribution in [0.5, 0.6) is 17.4 Å². The Morgan fingerprint density at radius 2 is 1.77 bits per heavy atom. The molecule has 0 unspecified atom stereocenters. The van der Waals surface area contributed by atoms with Gasteiger partial charge in [0.2, 0.25) is 11.8 Å². The zero-order chi connectivity index (χ0) is 27.7. The van der Waals surface area contributed by atoms with Crippen molar-refractivity contribution in [2.24, 2.45) is 7.05 Å². The molecule has 9 nitrogen and oxygen atoms in total. The molecule has 0 radical (unpaired) electrons. The van der Waals surface area contributed by atoms with Crippen LogP contribution in [0.3, 0.4) is 0 Å². The number of hydrogen-bond donors (Lipinski definition) is 2. The van der Waals surface area contributed by atoms with E-state index in [0.29, 0.717) is 34.5 Å². The summed E-state index contributed by atoms with van der Waals surface area (Å²) >= 11 is 0. The number of rotatable bonds is 7. The molecule has 0 aliphatic rings. The van der Waals surface area contributed by atoms with Crippen LogP contribution in [-0.4, -0.2) is 32.5 Å². The number of aromatic nitrogens is 4. The van der Waals surface area contributed by atoms with Crippen LogP contribution in [-0.2, 0) is 11.8 Å². The fourth-order valence-corrected chi connectivity index (χ4v) is 4.48. The van der Waals surface area contributed by atoms with Gasteiger partial charge in [-0.15, -0.1) is 0 Å². The van der Waals surface area contributed by atoms with Crippen molar-refractivity contribution in [2.75, 3.05) is 18.2 Å². The zero-order valence-electron chi connectivity index (χ0n) is 22.1. The van der Waals surface area contributed by atoms with Crippen LogP contribution in [0.2, 0.25) is 0 Å². The topological polar surface area (TPSA) is 117 Å². The first-order valence-corrected chi connectivity index (χ1v) is 12.2.